The van der Waals surface area contributed by atoms with Gasteiger partial charge in [0.1, 0.15) is 11.6 Å². The molecule has 0 amide bonds. The molecular weight excluding hydrogens is 440 g/mol. The van der Waals surface area contributed by atoms with Crippen molar-refractivity contribution in [1.82, 2.24) is 14.9 Å². The molecule has 0 atom stereocenters. The predicted octanol–water partition coefficient (Wildman–Crippen LogP) is 3.36. The first-order valence-corrected chi connectivity index (χ1v) is 11.3. The molecule has 1 aromatic heterocycles. The molecule has 0 radical (unpaired) electrons. The van der Waals surface area contributed by atoms with Gasteiger partial charge in [0.25, 0.3) is 0 Å². The lowest BCUT2D eigenvalue weighted by Crippen LogP contribution is -2.46. The third-order valence-corrected chi connectivity index (χ3v) is 5.91. The second kappa shape index (κ2) is 10.7. The minimum absolute atomic E-state index is 0.504. The van der Waals surface area contributed by atoms with Gasteiger partial charge in [-0.05, 0) is 38.8 Å². The van der Waals surface area contributed by atoms with Crippen LogP contribution in [0.3, 0.4) is 0 Å². The van der Waals surface area contributed by atoms with Crippen LogP contribution in [0.4, 0.5) is 20.5 Å². The molecule has 2 saturated heterocycles. The molecule has 4 rings (SSSR count). The molecule has 0 N–H and O–H groups in total. The number of benzene rings is 1. The van der Waals surface area contributed by atoms with E-state index in [-0.39, 0.29) is 0 Å². The molecule has 8 nitrogen and oxygen atoms in total. The van der Waals surface area contributed by atoms with Gasteiger partial charge >= 0.3 is 0 Å². The van der Waals surface area contributed by atoms with Crippen LogP contribution in [-0.4, -0.2) is 80.3 Å². The van der Waals surface area contributed by atoms with Crippen molar-refractivity contribution >= 4 is 24.7 Å². The quantitative estimate of drug-likeness (QED) is 0.605. The Hall–Kier alpha value is -3.40. The SMILES string of the molecule is C=N/C(=C(/C)N=CC)N1CCN(c2cc(-c3ccc(F)c(F)c3)nc(N3CCOCC3)n2)CC1. The first-order valence-electron chi connectivity index (χ1n) is 11.3. The molecule has 2 aliphatic heterocycles. The topological polar surface area (TPSA) is 69.5 Å². The lowest BCUT2D eigenvalue weighted by Gasteiger charge is -2.37. The molecule has 2 aromatic rings. The highest BCUT2D eigenvalue weighted by molar-refractivity contribution is 5.65. The van der Waals surface area contributed by atoms with Gasteiger partial charge in [-0.3, -0.25) is 4.99 Å². The normalized spacial score (nSPS) is 17.8. The number of hydrogen-bond donors (Lipinski definition) is 0. The lowest BCUT2D eigenvalue weighted by atomic mass is 10.1. The van der Waals surface area contributed by atoms with Crippen molar-refractivity contribution in [1.29, 1.82) is 0 Å². The Morgan fingerprint density at radius 2 is 1.74 bits per heavy atom. The summed E-state index contributed by atoms with van der Waals surface area (Å²) in [6.45, 7) is 12.9. The first-order chi connectivity index (χ1) is 16.5. The van der Waals surface area contributed by atoms with Crippen LogP contribution in [0.2, 0.25) is 0 Å². The Morgan fingerprint density at radius 3 is 2.38 bits per heavy atom. The molecule has 34 heavy (non-hydrogen) atoms. The van der Waals surface area contributed by atoms with E-state index in [4.69, 9.17) is 9.72 Å². The molecule has 3 heterocycles. The Labute approximate surface area is 198 Å². The molecule has 0 saturated carbocycles. The monoisotopic (exact) mass is 469 g/mol. The number of allylic oxidation sites excluding steroid dienone is 1. The smallest absolute Gasteiger partial charge is 0.228 e. The Bertz CT molecular complexity index is 1090. The molecule has 1 aromatic carbocycles. The van der Waals surface area contributed by atoms with Crippen LogP contribution in [0.25, 0.3) is 11.3 Å². The van der Waals surface area contributed by atoms with Crippen LogP contribution in [0.15, 0.2) is 45.8 Å². The molecule has 0 spiro atoms. The molecule has 10 heteroatoms. The van der Waals surface area contributed by atoms with Gasteiger partial charge in [0.05, 0.1) is 24.6 Å². The standard InChI is InChI=1S/C24H29F2N7O/c1-4-28-17(2)23(27-3)32-9-7-31(8-10-32)22-16-21(18-5-6-19(25)20(26)15-18)29-24(30-22)33-11-13-34-14-12-33/h4-6,15-16H,3,7-14H2,1-2H3/b23-17+,28-4?. The summed E-state index contributed by atoms with van der Waals surface area (Å²) in [4.78, 5) is 24.4. The highest BCUT2D eigenvalue weighted by Crippen LogP contribution is 2.28. The summed E-state index contributed by atoms with van der Waals surface area (Å²) in [5, 5.41) is 0. The summed E-state index contributed by atoms with van der Waals surface area (Å²) in [6.07, 6.45) is 1.74. The van der Waals surface area contributed by atoms with Crippen molar-refractivity contribution in [2.24, 2.45) is 9.98 Å². The number of ether oxygens (including phenoxy) is 1. The number of piperazine rings is 1. The number of aromatic nitrogens is 2. The number of anilines is 2. The average Bonchev–Trinajstić information content (AvgIpc) is 2.87. The van der Waals surface area contributed by atoms with E-state index in [1.165, 1.54) is 12.1 Å². The Kier molecular flexibility index (Phi) is 7.46. The van der Waals surface area contributed by atoms with Crippen LogP contribution in [0, 0.1) is 11.6 Å². The second-order valence-electron chi connectivity index (χ2n) is 8.07. The van der Waals surface area contributed by atoms with Gasteiger partial charge in [0, 0.05) is 57.1 Å². The van der Waals surface area contributed by atoms with Crippen molar-refractivity contribution in [2.45, 2.75) is 13.8 Å². The van der Waals surface area contributed by atoms with Gasteiger partial charge in [-0.1, -0.05) is 0 Å². The minimum Gasteiger partial charge on any atom is -0.378 e. The highest BCUT2D eigenvalue weighted by Gasteiger charge is 2.24. The largest absolute Gasteiger partial charge is 0.378 e. The summed E-state index contributed by atoms with van der Waals surface area (Å²) in [6, 6.07) is 5.67. The number of nitrogens with zero attached hydrogens (tertiary/aromatic N) is 7. The number of morpholine rings is 1. The predicted molar refractivity (Wildman–Crippen MR) is 131 cm³/mol. The number of rotatable bonds is 6. The van der Waals surface area contributed by atoms with Crippen LogP contribution in [0.5, 0.6) is 0 Å². The zero-order valence-electron chi connectivity index (χ0n) is 19.5. The zero-order chi connectivity index (χ0) is 24.1. The van der Waals surface area contributed by atoms with Crippen LogP contribution in [0.1, 0.15) is 13.8 Å². The summed E-state index contributed by atoms with van der Waals surface area (Å²) in [5.74, 6) is 0.295. The van der Waals surface area contributed by atoms with E-state index in [9.17, 15) is 8.78 Å². The van der Waals surface area contributed by atoms with Crippen LogP contribution < -0.4 is 9.80 Å². The fourth-order valence-corrected chi connectivity index (χ4v) is 4.13. The van der Waals surface area contributed by atoms with Gasteiger partial charge < -0.3 is 19.4 Å². The Balaban J connectivity index is 1.63. The van der Waals surface area contributed by atoms with Gasteiger partial charge in [-0.2, -0.15) is 4.98 Å². The number of hydrogen-bond acceptors (Lipinski definition) is 8. The van der Waals surface area contributed by atoms with E-state index in [2.05, 4.69) is 36.4 Å². The van der Waals surface area contributed by atoms with Crippen LogP contribution >= 0.6 is 0 Å². The minimum atomic E-state index is -0.902. The van der Waals surface area contributed by atoms with E-state index in [1.54, 1.807) is 6.21 Å². The second-order valence-corrected chi connectivity index (χ2v) is 8.07. The third kappa shape index (κ3) is 5.22. The van der Waals surface area contributed by atoms with Gasteiger partial charge in [0.2, 0.25) is 5.95 Å². The molecule has 0 aliphatic carbocycles. The summed E-state index contributed by atoms with van der Waals surface area (Å²) in [5.41, 5.74) is 1.88. The van der Waals surface area contributed by atoms with E-state index < -0.39 is 11.6 Å². The summed E-state index contributed by atoms with van der Waals surface area (Å²) >= 11 is 0. The summed E-state index contributed by atoms with van der Waals surface area (Å²) < 4.78 is 32.9. The van der Waals surface area contributed by atoms with E-state index in [0.717, 1.165) is 36.5 Å². The fourth-order valence-electron chi connectivity index (χ4n) is 4.13. The van der Waals surface area contributed by atoms with Crippen molar-refractivity contribution < 1.29 is 13.5 Å². The molecule has 2 aliphatic rings. The maximum absolute atomic E-state index is 14.0. The molecule has 2 fully saturated rings. The first kappa shape index (κ1) is 23.7. The van der Waals surface area contributed by atoms with E-state index >= 15 is 0 Å². The van der Waals surface area contributed by atoms with Crippen molar-refractivity contribution in [3.05, 3.63) is 47.4 Å². The van der Waals surface area contributed by atoms with E-state index in [0.29, 0.717) is 56.6 Å². The van der Waals surface area contributed by atoms with Crippen LogP contribution in [-0.2, 0) is 4.74 Å². The molecule has 0 unspecified atom stereocenters. The van der Waals surface area contributed by atoms with Crippen molar-refractivity contribution in [3.8, 4) is 11.3 Å². The fraction of sp³-hybridized carbons (Fsp3) is 0.417. The lowest BCUT2D eigenvalue weighted by molar-refractivity contribution is 0.122. The maximum Gasteiger partial charge on any atom is 0.228 e. The van der Waals surface area contributed by atoms with Crippen molar-refractivity contribution in [2.75, 3.05) is 62.3 Å². The number of aliphatic imine (C=N–C) groups is 2. The zero-order valence-corrected chi connectivity index (χ0v) is 19.5. The molecular formula is C24H29F2N7O. The van der Waals surface area contributed by atoms with Gasteiger partial charge in [-0.15, -0.1) is 0 Å². The molecule has 180 valence electrons. The maximum atomic E-state index is 14.0. The third-order valence-electron chi connectivity index (χ3n) is 5.91. The highest BCUT2D eigenvalue weighted by atomic mass is 19.2. The average molecular weight is 470 g/mol. The summed E-state index contributed by atoms with van der Waals surface area (Å²) in [7, 11) is 0. The molecule has 0 bridgehead atoms. The van der Waals surface area contributed by atoms with Gasteiger partial charge in [0.15, 0.2) is 11.6 Å². The number of halogens is 2. The van der Waals surface area contributed by atoms with Crippen molar-refractivity contribution in [3.63, 3.8) is 0 Å². The van der Waals surface area contributed by atoms with E-state index in [1.807, 2.05) is 19.9 Å². The van der Waals surface area contributed by atoms with Gasteiger partial charge in [-0.25, -0.2) is 18.8 Å². The Morgan fingerprint density at radius 1 is 1.00 bits per heavy atom.